The maximum absolute atomic E-state index is 11.0. The number of halogens is 1. The fraction of sp³-hybridized carbons (Fsp3) is 0.667. The number of carbonyl (C=O) groups excluding carboxylic acids is 1. The zero-order valence-electron chi connectivity index (χ0n) is 7.53. The van der Waals surface area contributed by atoms with Crippen LogP contribution in [0.3, 0.4) is 0 Å². The third kappa shape index (κ3) is 7.61. The summed E-state index contributed by atoms with van der Waals surface area (Å²) >= 11 is 5.47. The molecule has 0 aromatic heterocycles. The molecule has 0 saturated heterocycles. The van der Waals surface area contributed by atoms with Crippen LogP contribution in [0.2, 0.25) is 0 Å². The molecule has 0 aromatic rings. The van der Waals surface area contributed by atoms with Gasteiger partial charge in [-0.3, -0.25) is 4.79 Å². The number of hydrogen-bond donors (Lipinski definition) is 1. The lowest BCUT2D eigenvalue weighted by Gasteiger charge is -2.02. The van der Waals surface area contributed by atoms with Gasteiger partial charge in [-0.1, -0.05) is 37.9 Å². The first-order chi connectivity index (χ1) is 5.66. The maximum Gasteiger partial charge on any atom is 0.220 e. The standard InChI is InChI=1S/C9H16ClNO/c1-3-4-5-6-9(12)11-7-8(2)10/h2-7H2,1H3,(H,11,12). The summed E-state index contributed by atoms with van der Waals surface area (Å²) in [5.41, 5.74) is 0. The average Bonchev–Trinajstić information content (AvgIpc) is 2.01. The van der Waals surface area contributed by atoms with E-state index in [2.05, 4.69) is 18.8 Å². The molecular weight excluding hydrogens is 174 g/mol. The SMILES string of the molecule is C=C(Cl)CNC(=O)CCCCC. The molecule has 0 saturated carbocycles. The molecule has 0 fully saturated rings. The van der Waals surface area contributed by atoms with Crippen LogP contribution in [0.1, 0.15) is 32.6 Å². The van der Waals surface area contributed by atoms with Crippen molar-refractivity contribution in [3.63, 3.8) is 0 Å². The summed E-state index contributed by atoms with van der Waals surface area (Å²) in [4.78, 5) is 11.0. The first-order valence-electron chi connectivity index (χ1n) is 4.26. The van der Waals surface area contributed by atoms with E-state index in [9.17, 15) is 4.79 Å². The lowest BCUT2D eigenvalue weighted by molar-refractivity contribution is -0.121. The Morgan fingerprint density at radius 2 is 2.17 bits per heavy atom. The van der Waals surface area contributed by atoms with Crippen LogP contribution < -0.4 is 5.32 Å². The summed E-state index contributed by atoms with van der Waals surface area (Å²) in [6.45, 7) is 5.97. The molecular formula is C9H16ClNO. The van der Waals surface area contributed by atoms with Crippen molar-refractivity contribution in [1.29, 1.82) is 0 Å². The molecule has 70 valence electrons. The summed E-state index contributed by atoms with van der Waals surface area (Å²) in [6.07, 6.45) is 3.79. The minimum atomic E-state index is 0.0604. The third-order valence-electron chi connectivity index (χ3n) is 1.48. The van der Waals surface area contributed by atoms with E-state index in [0.717, 1.165) is 19.3 Å². The largest absolute Gasteiger partial charge is 0.351 e. The molecule has 0 unspecified atom stereocenters. The zero-order chi connectivity index (χ0) is 9.40. The Hall–Kier alpha value is -0.500. The minimum Gasteiger partial charge on any atom is -0.351 e. The lowest BCUT2D eigenvalue weighted by atomic mass is 10.2. The van der Waals surface area contributed by atoms with Crippen molar-refractivity contribution >= 4 is 17.5 Å². The number of rotatable bonds is 6. The highest BCUT2D eigenvalue weighted by molar-refractivity contribution is 6.29. The molecule has 0 atom stereocenters. The molecule has 0 rings (SSSR count). The minimum absolute atomic E-state index is 0.0604. The zero-order valence-corrected chi connectivity index (χ0v) is 8.28. The Bertz CT molecular complexity index is 157. The van der Waals surface area contributed by atoms with Crippen LogP contribution in [-0.4, -0.2) is 12.5 Å². The van der Waals surface area contributed by atoms with E-state index in [0.29, 0.717) is 18.0 Å². The van der Waals surface area contributed by atoms with Gasteiger partial charge in [0.25, 0.3) is 0 Å². The number of unbranched alkanes of at least 4 members (excludes halogenated alkanes) is 2. The number of hydrogen-bond acceptors (Lipinski definition) is 1. The summed E-state index contributed by atoms with van der Waals surface area (Å²) in [5, 5.41) is 3.14. The van der Waals surface area contributed by atoms with E-state index in [-0.39, 0.29) is 5.91 Å². The smallest absolute Gasteiger partial charge is 0.220 e. The van der Waals surface area contributed by atoms with E-state index < -0.39 is 0 Å². The predicted octanol–water partition coefficient (Wildman–Crippen LogP) is 2.44. The summed E-state index contributed by atoms with van der Waals surface area (Å²) in [6, 6.07) is 0. The van der Waals surface area contributed by atoms with Crippen LogP contribution in [0.15, 0.2) is 11.6 Å². The second-order valence-corrected chi connectivity index (χ2v) is 3.29. The molecule has 0 heterocycles. The second kappa shape index (κ2) is 7.17. The number of amides is 1. The van der Waals surface area contributed by atoms with Crippen molar-refractivity contribution in [3.05, 3.63) is 11.6 Å². The molecule has 0 aromatic carbocycles. The molecule has 0 aliphatic carbocycles. The Labute approximate surface area is 79.0 Å². The molecule has 0 spiro atoms. The quantitative estimate of drug-likeness (QED) is 0.639. The van der Waals surface area contributed by atoms with Gasteiger partial charge in [0.15, 0.2) is 0 Å². The van der Waals surface area contributed by atoms with Crippen LogP contribution in [0.25, 0.3) is 0 Å². The van der Waals surface area contributed by atoms with E-state index >= 15 is 0 Å². The fourth-order valence-electron chi connectivity index (χ4n) is 0.818. The molecule has 12 heavy (non-hydrogen) atoms. The van der Waals surface area contributed by atoms with Crippen LogP contribution in [0.5, 0.6) is 0 Å². The Kier molecular flexibility index (Phi) is 6.87. The van der Waals surface area contributed by atoms with Crippen molar-refractivity contribution < 1.29 is 4.79 Å². The topological polar surface area (TPSA) is 29.1 Å². The van der Waals surface area contributed by atoms with Gasteiger partial charge in [0.2, 0.25) is 5.91 Å². The molecule has 2 nitrogen and oxygen atoms in total. The molecule has 1 amide bonds. The first-order valence-corrected chi connectivity index (χ1v) is 4.64. The van der Waals surface area contributed by atoms with Gasteiger partial charge in [-0.2, -0.15) is 0 Å². The van der Waals surface area contributed by atoms with Gasteiger partial charge >= 0.3 is 0 Å². The molecule has 0 aliphatic heterocycles. The third-order valence-corrected chi connectivity index (χ3v) is 1.62. The highest BCUT2D eigenvalue weighted by Crippen LogP contribution is 1.99. The van der Waals surface area contributed by atoms with E-state index in [1.807, 2.05) is 0 Å². The van der Waals surface area contributed by atoms with Crippen LogP contribution in [0.4, 0.5) is 0 Å². The fourth-order valence-corrected chi connectivity index (χ4v) is 0.885. The molecule has 1 N–H and O–H groups in total. The van der Waals surface area contributed by atoms with Crippen molar-refractivity contribution in [2.45, 2.75) is 32.6 Å². The van der Waals surface area contributed by atoms with E-state index in [1.54, 1.807) is 0 Å². The van der Waals surface area contributed by atoms with Gasteiger partial charge in [-0.05, 0) is 6.42 Å². The molecule has 3 heteroatoms. The van der Waals surface area contributed by atoms with E-state index in [4.69, 9.17) is 11.6 Å². The van der Waals surface area contributed by atoms with Gasteiger partial charge in [0, 0.05) is 11.5 Å². The maximum atomic E-state index is 11.0. The number of carbonyl (C=O) groups is 1. The van der Waals surface area contributed by atoms with Crippen molar-refractivity contribution in [3.8, 4) is 0 Å². The first kappa shape index (κ1) is 11.5. The Balaban J connectivity index is 3.28. The number of nitrogens with one attached hydrogen (secondary N) is 1. The van der Waals surface area contributed by atoms with Gasteiger partial charge in [0.1, 0.15) is 0 Å². The summed E-state index contributed by atoms with van der Waals surface area (Å²) in [7, 11) is 0. The highest BCUT2D eigenvalue weighted by Gasteiger charge is 1.99. The van der Waals surface area contributed by atoms with Crippen molar-refractivity contribution in [1.82, 2.24) is 5.32 Å². The molecule has 0 bridgehead atoms. The average molecular weight is 190 g/mol. The van der Waals surface area contributed by atoms with Crippen molar-refractivity contribution in [2.75, 3.05) is 6.54 Å². The van der Waals surface area contributed by atoms with Crippen LogP contribution >= 0.6 is 11.6 Å². The summed E-state index contributed by atoms with van der Waals surface area (Å²) < 4.78 is 0. The molecule has 0 radical (unpaired) electrons. The summed E-state index contributed by atoms with van der Waals surface area (Å²) in [5.74, 6) is 0.0604. The Morgan fingerprint density at radius 1 is 1.50 bits per heavy atom. The van der Waals surface area contributed by atoms with Gasteiger partial charge < -0.3 is 5.32 Å². The second-order valence-electron chi connectivity index (χ2n) is 2.75. The predicted molar refractivity (Wildman–Crippen MR) is 52.1 cm³/mol. The Morgan fingerprint density at radius 3 is 2.67 bits per heavy atom. The monoisotopic (exact) mass is 189 g/mol. The lowest BCUT2D eigenvalue weighted by Crippen LogP contribution is -2.23. The molecule has 0 aliphatic rings. The van der Waals surface area contributed by atoms with Crippen LogP contribution in [-0.2, 0) is 4.79 Å². The van der Waals surface area contributed by atoms with E-state index in [1.165, 1.54) is 0 Å². The van der Waals surface area contributed by atoms with Gasteiger partial charge in [0.05, 0.1) is 6.54 Å². The highest BCUT2D eigenvalue weighted by atomic mass is 35.5. The van der Waals surface area contributed by atoms with Gasteiger partial charge in [-0.15, -0.1) is 0 Å². The van der Waals surface area contributed by atoms with Crippen LogP contribution in [0, 0.1) is 0 Å². The normalized spacial score (nSPS) is 9.50. The van der Waals surface area contributed by atoms with Gasteiger partial charge in [-0.25, -0.2) is 0 Å². The van der Waals surface area contributed by atoms with Crippen molar-refractivity contribution in [2.24, 2.45) is 0 Å².